The lowest BCUT2D eigenvalue weighted by Gasteiger charge is -2.11. The second-order valence-electron chi connectivity index (χ2n) is 5.85. The van der Waals surface area contributed by atoms with E-state index < -0.39 is 23.2 Å². The van der Waals surface area contributed by atoms with Crippen molar-refractivity contribution in [2.24, 2.45) is 0 Å². The Morgan fingerprint density at radius 3 is 2.54 bits per heavy atom. The third-order valence-corrected chi connectivity index (χ3v) is 4.62. The Hall–Kier alpha value is -2.67. The van der Waals surface area contributed by atoms with Crippen molar-refractivity contribution in [2.45, 2.75) is 20.0 Å². The first kappa shape index (κ1) is 18.1. The van der Waals surface area contributed by atoms with Crippen LogP contribution in [0.5, 0.6) is 0 Å². The van der Waals surface area contributed by atoms with Crippen LogP contribution in [-0.4, -0.2) is 10.9 Å². The third kappa shape index (κ3) is 3.77. The van der Waals surface area contributed by atoms with Gasteiger partial charge in [-0.1, -0.05) is 35.9 Å². The van der Waals surface area contributed by atoms with E-state index in [-0.39, 0.29) is 5.13 Å². The van der Waals surface area contributed by atoms with E-state index in [0.29, 0.717) is 5.69 Å². The number of carbonyl (C=O) groups is 1. The Kier molecular flexibility index (Phi) is 4.82. The number of aryl methyl sites for hydroxylation is 2. The molecule has 134 valence electrons. The van der Waals surface area contributed by atoms with Gasteiger partial charge in [-0.3, -0.25) is 10.1 Å². The first-order valence-electron chi connectivity index (χ1n) is 7.76. The number of alkyl halides is 3. The molecule has 2 aromatic carbocycles. The van der Waals surface area contributed by atoms with Crippen molar-refractivity contribution < 1.29 is 18.0 Å². The Morgan fingerprint density at radius 1 is 1.12 bits per heavy atom. The zero-order valence-electron chi connectivity index (χ0n) is 14.0. The summed E-state index contributed by atoms with van der Waals surface area (Å²) in [6.07, 6.45) is -4.60. The summed E-state index contributed by atoms with van der Waals surface area (Å²) >= 11 is 1.17. The molecule has 0 saturated carbocycles. The van der Waals surface area contributed by atoms with Crippen molar-refractivity contribution in [1.29, 1.82) is 0 Å². The molecule has 0 aliphatic rings. The Balaban J connectivity index is 1.85. The largest absolute Gasteiger partial charge is 0.417 e. The number of nitrogens with one attached hydrogen (secondary N) is 1. The number of anilines is 1. The van der Waals surface area contributed by atoms with Crippen LogP contribution in [0.25, 0.3) is 11.3 Å². The molecule has 0 atom stereocenters. The minimum Gasteiger partial charge on any atom is -0.298 e. The average Bonchev–Trinajstić information content (AvgIpc) is 3.02. The highest BCUT2D eigenvalue weighted by Gasteiger charge is 2.34. The normalized spacial score (nSPS) is 11.4. The lowest BCUT2D eigenvalue weighted by Crippen LogP contribution is -2.18. The molecule has 0 fully saturated rings. The lowest BCUT2D eigenvalue weighted by molar-refractivity contribution is -0.137. The lowest BCUT2D eigenvalue weighted by atomic mass is 10.0. The van der Waals surface area contributed by atoms with Gasteiger partial charge in [0.05, 0.1) is 16.8 Å². The van der Waals surface area contributed by atoms with Crippen LogP contribution in [0.2, 0.25) is 0 Å². The molecule has 3 nitrogen and oxygen atoms in total. The predicted octanol–water partition coefficient (Wildman–Crippen LogP) is 5.70. The van der Waals surface area contributed by atoms with Gasteiger partial charge in [-0.25, -0.2) is 4.98 Å². The predicted molar refractivity (Wildman–Crippen MR) is 96.4 cm³/mol. The summed E-state index contributed by atoms with van der Waals surface area (Å²) in [4.78, 5) is 16.6. The van der Waals surface area contributed by atoms with Crippen LogP contribution in [0.1, 0.15) is 27.0 Å². The van der Waals surface area contributed by atoms with Gasteiger partial charge < -0.3 is 0 Å². The summed E-state index contributed by atoms with van der Waals surface area (Å²) in [7, 11) is 0. The van der Waals surface area contributed by atoms with Gasteiger partial charge in [0.25, 0.3) is 5.91 Å². The van der Waals surface area contributed by atoms with Gasteiger partial charge in [-0.2, -0.15) is 13.2 Å². The van der Waals surface area contributed by atoms with Crippen molar-refractivity contribution in [3.63, 3.8) is 0 Å². The van der Waals surface area contributed by atoms with Crippen molar-refractivity contribution in [3.05, 3.63) is 70.1 Å². The molecule has 7 heteroatoms. The number of rotatable bonds is 3. The first-order chi connectivity index (χ1) is 12.3. The van der Waals surface area contributed by atoms with Crippen molar-refractivity contribution >= 4 is 22.4 Å². The van der Waals surface area contributed by atoms with Crippen LogP contribution in [0.4, 0.5) is 18.3 Å². The highest BCUT2D eigenvalue weighted by atomic mass is 32.1. The van der Waals surface area contributed by atoms with Crippen molar-refractivity contribution in [1.82, 2.24) is 4.98 Å². The van der Waals surface area contributed by atoms with E-state index in [1.165, 1.54) is 23.5 Å². The number of nitrogens with zero attached hydrogens (tertiary/aromatic N) is 1. The van der Waals surface area contributed by atoms with E-state index in [0.717, 1.165) is 28.8 Å². The summed E-state index contributed by atoms with van der Waals surface area (Å²) in [6, 6.07) is 10.6. The molecular formula is C19H15F3N2OS. The van der Waals surface area contributed by atoms with E-state index in [1.54, 1.807) is 5.38 Å². The summed E-state index contributed by atoms with van der Waals surface area (Å²) < 4.78 is 39.2. The molecule has 0 aliphatic carbocycles. The van der Waals surface area contributed by atoms with Gasteiger partial charge in [0.2, 0.25) is 0 Å². The number of thiazole rings is 1. The molecule has 0 unspecified atom stereocenters. The number of halogens is 3. The summed E-state index contributed by atoms with van der Waals surface area (Å²) in [5.41, 5.74) is 2.36. The van der Waals surface area contributed by atoms with Crippen molar-refractivity contribution in [2.75, 3.05) is 5.32 Å². The molecule has 1 amide bonds. The van der Waals surface area contributed by atoms with E-state index >= 15 is 0 Å². The molecule has 3 aromatic rings. The van der Waals surface area contributed by atoms with Gasteiger partial charge in [0, 0.05) is 10.9 Å². The number of hydrogen-bond acceptors (Lipinski definition) is 3. The molecule has 1 heterocycles. The highest BCUT2D eigenvalue weighted by Crippen LogP contribution is 2.33. The molecule has 1 N–H and O–H groups in total. The fraction of sp³-hybridized carbons (Fsp3) is 0.158. The quantitative estimate of drug-likeness (QED) is 0.637. The zero-order chi connectivity index (χ0) is 18.9. The number of hydrogen-bond donors (Lipinski definition) is 1. The van der Waals surface area contributed by atoms with Crippen LogP contribution in [0.3, 0.4) is 0 Å². The highest BCUT2D eigenvalue weighted by molar-refractivity contribution is 7.14. The second kappa shape index (κ2) is 6.92. The van der Waals surface area contributed by atoms with E-state index in [9.17, 15) is 18.0 Å². The number of amides is 1. The van der Waals surface area contributed by atoms with Crippen molar-refractivity contribution in [3.8, 4) is 11.3 Å². The Labute approximate surface area is 152 Å². The second-order valence-corrected chi connectivity index (χ2v) is 6.71. The summed E-state index contributed by atoms with van der Waals surface area (Å²) in [5, 5.41) is 4.48. The smallest absolute Gasteiger partial charge is 0.298 e. The first-order valence-corrected chi connectivity index (χ1v) is 8.64. The zero-order valence-corrected chi connectivity index (χ0v) is 14.8. The minimum absolute atomic E-state index is 0.252. The maximum absolute atomic E-state index is 13.1. The van der Waals surface area contributed by atoms with Crippen LogP contribution in [-0.2, 0) is 6.18 Å². The Bertz CT molecular complexity index is 963. The SMILES string of the molecule is Cc1ccc(-c2csc(NC(=O)c3ccccc3C(F)(F)F)n2)c(C)c1. The average molecular weight is 376 g/mol. The van der Waals surface area contributed by atoms with Crippen LogP contribution < -0.4 is 5.32 Å². The van der Waals surface area contributed by atoms with E-state index in [2.05, 4.69) is 10.3 Å². The molecule has 0 radical (unpaired) electrons. The van der Waals surface area contributed by atoms with Gasteiger partial charge in [-0.05, 0) is 31.5 Å². The number of aromatic nitrogens is 1. The summed E-state index contributed by atoms with van der Waals surface area (Å²) in [6.45, 7) is 3.95. The number of benzene rings is 2. The Morgan fingerprint density at radius 2 is 1.85 bits per heavy atom. The third-order valence-electron chi connectivity index (χ3n) is 3.86. The topological polar surface area (TPSA) is 42.0 Å². The fourth-order valence-electron chi connectivity index (χ4n) is 2.65. The van der Waals surface area contributed by atoms with Gasteiger partial charge in [-0.15, -0.1) is 11.3 Å². The molecule has 0 bridgehead atoms. The minimum atomic E-state index is -4.60. The molecule has 0 saturated heterocycles. The monoisotopic (exact) mass is 376 g/mol. The maximum atomic E-state index is 13.1. The van der Waals surface area contributed by atoms with Gasteiger partial charge >= 0.3 is 6.18 Å². The standard InChI is InChI=1S/C19H15F3N2OS/c1-11-7-8-13(12(2)9-11)16-10-26-18(23-16)24-17(25)14-5-3-4-6-15(14)19(20,21)22/h3-10H,1-2H3,(H,23,24,25). The van der Waals surface area contributed by atoms with Gasteiger partial charge in [0.1, 0.15) is 0 Å². The van der Waals surface area contributed by atoms with Crippen LogP contribution >= 0.6 is 11.3 Å². The molecule has 3 rings (SSSR count). The van der Waals surface area contributed by atoms with Gasteiger partial charge in [0.15, 0.2) is 5.13 Å². The number of carbonyl (C=O) groups excluding carboxylic acids is 1. The van der Waals surface area contributed by atoms with E-state index in [4.69, 9.17) is 0 Å². The molecule has 0 aliphatic heterocycles. The van der Waals surface area contributed by atoms with Crippen LogP contribution in [0.15, 0.2) is 47.8 Å². The van der Waals surface area contributed by atoms with E-state index in [1.807, 2.05) is 32.0 Å². The molecule has 0 spiro atoms. The molecular weight excluding hydrogens is 361 g/mol. The fourth-order valence-corrected chi connectivity index (χ4v) is 3.35. The maximum Gasteiger partial charge on any atom is 0.417 e. The summed E-state index contributed by atoms with van der Waals surface area (Å²) in [5.74, 6) is -0.834. The molecule has 1 aromatic heterocycles. The van der Waals surface area contributed by atoms with Crippen LogP contribution in [0, 0.1) is 13.8 Å². The molecule has 26 heavy (non-hydrogen) atoms.